The van der Waals surface area contributed by atoms with Crippen LogP contribution < -0.4 is 5.56 Å². The quantitative estimate of drug-likeness (QED) is 0.842. The number of pyridine rings is 1. The summed E-state index contributed by atoms with van der Waals surface area (Å²) in [6, 6.07) is 3.75. The molecule has 2 rings (SSSR count). The second-order valence-electron chi connectivity index (χ2n) is 3.43. The number of hydrogen-bond donors (Lipinski definition) is 0. The van der Waals surface area contributed by atoms with Crippen LogP contribution in [-0.4, -0.2) is 14.5 Å². The average Bonchev–Trinajstić information content (AvgIpc) is 2.31. The molecule has 0 aliphatic rings. The standard InChI is InChI=1S/C11H10BrN3O/c1-8-10(12)11(16)15(7-14-8)6-9-2-4-13-5-3-9/h2-5,7H,6H2,1H3. The fourth-order valence-corrected chi connectivity index (χ4v) is 1.67. The lowest BCUT2D eigenvalue weighted by atomic mass is 10.3. The van der Waals surface area contributed by atoms with E-state index >= 15 is 0 Å². The molecule has 0 bridgehead atoms. The Bertz CT molecular complexity index is 551. The second kappa shape index (κ2) is 4.57. The first-order valence-corrected chi connectivity index (χ1v) is 5.58. The zero-order valence-corrected chi connectivity index (χ0v) is 10.3. The molecule has 0 unspecified atom stereocenters. The molecule has 82 valence electrons. The van der Waals surface area contributed by atoms with Crippen LogP contribution in [0.1, 0.15) is 11.3 Å². The van der Waals surface area contributed by atoms with Crippen molar-refractivity contribution in [1.29, 1.82) is 0 Å². The van der Waals surface area contributed by atoms with E-state index in [1.807, 2.05) is 12.1 Å². The largest absolute Gasteiger partial charge is 0.294 e. The van der Waals surface area contributed by atoms with Crippen LogP contribution in [0.4, 0.5) is 0 Å². The van der Waals surface area contributed by atoms with Gasteiger partial charge >= 0.3 is 0 Å². The highest BCUT2D eigenvalue weighted by atomic mass is 79.9. The van der Waals surface area contributed by atoms with Gasteiger partial charge in [-0.1, -0.05) is 0 Å². The van der Waals surface area contributed by atoms with E-state index in [0.29, 0.717) is 16.7 Å². The molecule has 0 amide bonds. The van der Waals surface area contributed by atoms with Gasteiger partial charge in [-0.2, -0.15) is 0 Å². The average molecular weight is 280 g/mol. The minimum Gasteiger partial charge on any atom is -0.294 e. The number of hydrogen-bond acceptors (Lipinski definition) is 3. The van der Waals surface area contributed by atoms with Gasteiger partial charge in [0.15, 0.2) is 0 Å². The summed E-state index contributed by atoms with van der Waals surface area (Å²) in [7, 11) is 0. The molecular formula is C11H10BrN3O. The van der Waals surface area contributed by atoms with Gasteiger partial charge in [-0.15, -0.1) is 0 Å². The predicted molar refractivity (Wildman–Crippen MR) is 64.3 cm³/mol. The van der Waals surface area contributed by atoms with Crippen LogP contribution in [0.2, 0.25) is 0 Å². The van der Waals surface area contributed by atoms with Gasteiger partial charge in [-0.25, -0.2) is 4.98 Å². The summed E-state index contributed by atoms with van der Waals surface area (Å²) in [6.45, 7) is 2.30. The summed E-state index contributed by atoms with van der Waals surface area (Å²) in [4.78, 5) is 19.9. The summed E-state index contributed by atoms with van der Waals surface area (Å²) in [5, 5.41) is 0. The number of aryl methyl sites for hydroxylation is 1. The molecule has 0 aliphatic carbocycles. The highest BCUT2D eigenvalue weighted by Crippen LogP contribution is 2.07. The minimum absolute atomic E-state index is 0.0655. The molecule has 2 aromatic heterocycles. The fourth-order valence-electron chi connectivity index (χ4n) is 1.34. The van der Waals surface area contributed by atoms with Gasteiger partial charge in [-0.3, -0.25) is 14.3 Å². The van der Waals surface area contributed by atoms with Crippen molar-refractivity contribution in [2.45, 2.75) is 13.5 Å². The molecule has 2 aromatic rings. The maximum Gasteiger partial charge on any atom is 0.268 e. The van der Waals surface area contributed by atoms with Crippen molar-refractivity contribution < 1.29 is 0 Å². The van der Waals surface area contributed by atoms with E-state index in [4.69, 9.17) is 0 Å². The molecular weight excluding hydrogens is 270 g/mol. The Morgan fingerprint density at radius 3 is 2.75 bits per heavy atom. The minimum atomic E-state index is -0.0655. The summed E-state index contributed by atoms with van der Waals surface area (Å²) >= 11 is 3.24. The second-order valence-corrected chi connectivity index (χ2v) is 4.23. The lowest BCUT2D eigenvalue weighted by Gasteiger charge is -2.06. The van der Waals surface area contributed by atoms with Gasteiger partial charge in [0, 0.05) is 12.4 Å². The third kappa shape index (κ3) is 2.19. The normalized spacial score (nSPS) is 10.4. The van der Waals surface area contributed by atoms with E-state index in [1.165, 1.54) is 0 Å². The Balaban J connectivity index is 2.37. The van der Waals surface area contributed by atoms with Crippen LogP contribution in [0, 0.1) is 6.92 Å². The van der Waals surface area contributed by atoms with Crippen LogP contribution in [-0.2, 0) is 6.54 Å². The van der Waals surface area contributed by atoms with Crippen molar-refractivity contribution in [1.82, 2.24) is 14.5 Å². The van der Waals surface area contributed by atoms with Gasteiger partial charge in [0.1, 0.15) is 4.47 Å². The highest BCUT2D eigenvalue weighted by Gasteiger charge is 2.05. The number of aromatic nitrogens is 3. The lowest BCUT2D eigenvalue weighted by molar-refractivity contribution is 0.723. The van der Waals surface area contributed by atoms with E-state index in [2.05, 4.69) is 25.9 Å². The monoisotopic (exact) mass is 279 g/mol. The molecule has 5 heteroatoms. The first-order chi connectivity index (χ1) is 7.68. The summed E-state index contributed by atoms with van der Waals surface area (Å²) in [6.07, 6.45) is 4.97. The Hall–Kier alpha value is -1.49. The van der Waals surface area contributed by atoms with Gasteiger partial charge < -0.3 is 0 Å². The zero-order chi connectivity index (χ0) is 11.5. The van der Waals surface area contributed by atoms with E-state index in [1.54, 1.807) is 30.2 Å². The molecule has 0 aliphatic heterocycles. The van der Waals surface area contributed by atoms with E-state index < -0.39 is 0 Å². The summed E-state index contributed by atoms with van der Waals surface area (Å²) < 4.78 is 2.08. The molecule has 4 nitrogen and oxygen atoms in total. The SMILES string of the molecule is Cc1ncn(Cc2ccncc2)c(=O)c1Br. The molecule has 0 aromatic carbocycles. The number of halogens is 1. The molecule has 0 fully saturated rings. The predicted octanol–water partition coefficient (Wildman–Crippen LogP) is 1.76. The van der Waals surface area contributed by atoms with Gasteiger partial charge in [0.25, 0.3) is 5.56 Å². The van der Waals surface area contributed by atoms with Crippen molar-refractivity contribution >= 4 is 15.9 Å². The fraction of sp³-hybridized carbons (Fsp3) is 0.182. The maximum atomic E-state index is 11.9. The molecule has 0 N–H and O–H groups in total. The highest BCUT2D eigenvalue weighted by molar-refractivity contribution is 9.10. The molecule has 0 saturated carbocycles. The van der Waals surface area contributed by atoms with Crippen molar-refractivity contribution in [3.05, 3.63) is 56.9 Å². The van der Waals surface area contributed by atoms with Crippen LogP contribution in [0.15, 0.2) is 40.1 Å². The van der Waals surface area contributed by atoms with Crippen LogP contribution >= 0.6 is 15.9 Å². The topological polar surface area (TPSA) is 47.8 Å². The maximum absolute atomic E-state index is 11.9. The van der Waals surface area contributed by atoms with Crippen LogP contribution in [0.5, 0.6) is 0 Å². The summed E-state index contributed by atoms with van der Waals surface area (Å²) in [5.41, 5.74) is 1.66. The lowest BCUT2D eigenvalue weighted by Crippen LogP contribution is -2.22. The number of nitrogens with zero attached hydrogens (tertiary/aromatic N) is 3. The first kappa shape index (κ1) is 11.0. The molecule has 0 radical (unpaired) electrons. The molecule has 0 atom stereocenters. The first-order valence-electron chi connectivity index (χ1n) is 4.79. The Morgan fingerprint density at radius 2 is 2.06 bits per heavy atom. The molecule has 0 saturated heterocycles. The Kier molecular flexibility index (Phi) is 3.14. The van der Waals surface area contributed by atoms with Gasteiger partial charge in [0.05, 0.1) is 18.6 Å². The van der Waals surface area contributed by atoms with Crippen molar-refractivity contribution in [3.63, 3.8) is 0 Å². The Morgan fingerprint density at radius 1 is 1.38 bits per heavy atom. The van der Waals surface area contributed by atoms with E-state index in [0.717, 1.165) is 5.56 Å². The van der Waals surface area contributed by atoms with E-state index in [-0.39, 0.29) is 5.56 Å². The Labute approximate surface area is 101 Å². The molecule has 0 spiro atoms. The van der Waals surface area contributed by atoms with Crippen molar-refractivity contribution in [2.75, 3.05) is 0 Å². The van der Waals surface area contributed by atoms with E-state index in [9.17, 15) is 4.79 Å². The van der Waals surface area contributed by atoms with Gasteiger partial charge in [0.2, 0.25) is 0 Å². The van der Waals surface area contributed by atoms with Crippen LogP contribution in [0.3, 0.4) is 0 Å². The van der Waals surface area contributed by atoms with Crippen molar-refractivity contribution in [2.24, 2.45) is 0 Å². The third-order valence-electron chi connectivity index (χ3n) is 2.26. The van der Waals surface area contributed by atoms with Crippen LogP contribution in [0.25, 0.3) is 0 Å². The molecule has 2 heterocycles. The smallest absolute Gasteiger partial charge is 0.268 e. The zero-order valence-electron chi connectivity index (χ0n) is 8.72. The number of rotatable bonds is 2. The van der Waals surface area contributed by atoms with Crippen molar-refractivity contribution in [3.8, 4) is 0 Å². The molecule has 16 heavy (non-hydrogen) atoms. The summed E-state index contributed by atoms with van der Waals surface area (Å²) in [5.74, 6) is 0. The van der Waals surface area contributed by atoms with Gasteiger partial charge in [-0.05, 0) is 40.5 Å². The third-order valence-corrected chi connectivity index (χ3v) is 3.17.